The van der Waals surface area contributed by atoms with E-state index in [1.807, 2.05) is 0 Å². The Morgan fingerprint density at radius 2 is 1.71 bits per heavy atom. The Bertz CT molecular complexity index is 262. The topological polar surface area (TPSA) is 73.6 Å². The summed E-state index contributed by atoms with van der Waals surface area (Å²) < 4.78 is 0. The summed E-state index contributed by atoms with van der Waals surface area (Å²) in [5.41, 5.74) is 5.00. The lowest BCUT2D eigenvalue weighted by molar-refractivity contribution is 0.237. The third-order valence-electron chi connectivity index (χ3n) is 3.05. The lowest BCUT2D eigenvalue weighted by Crippen LogP contribution is -2.45. The number of rotatable bonds is 2. The second-order valence-electron chi connectivity index (χ2n) is 4.66. The molecule has 0 aromatic carbocycles. The third-order valence-corrected chi connectivity index (χ3v) is 3.05. The highest BCUT2D eigenvalue weighted by atomic mass is 14.7. The molecular weight excluding hydrogens is 174 g/mol. The van der Waals surface area contributed by atoms with Crippen LogP contribution in [0.1, 0.15) is 45.4 Å². The van der Waals surface area contributed by atoms with Gasteiger partial charge in [0.2, 0.25) is 0 Å². The Morgan fingerprint density at radius 3 is 2.14 bits per heavy atom. The van der Waals surface area contributed by atoms with Gasteiger partial charge >= 0.3 is 0 Å². The number of nitriles is 2. The Balaban J connectivity index is 2.67. The molecule has 3 heteroatoms. The first-order chi connectivity index (χ1) is 6.54. The van der Waals surface area contributed by atoms with Crippen LogP contribution in [0.15, 0.2) is 0 Å². The van der Waals surface area contributed by atoms with Gasteiger partial charge in [-0.3, -0.25) is 0 Å². The lowest BCUT2D eigenvalue weighted by atomic mass is 9.72. The van der Waals surface area contributed by atoms with Crippen LogP contribution < -0.4 is 5.73 Å². The molecule has 0 saturated heterocycles. The standard InChI is InChI=1S/C11H17N3/c1-10(8-12,9-13)7-11(14)5-3-2-4-6-11/h2-7,14H2,1H3. The van der Waals surface area contributed by atoms with Crippen molar-refractivity contribution in [1.29, 1.82) is 10.5 Å². The van der Waals surface area contributed by atoms with Crippen molar-refractivity contribution in [2.75, 3.05) is 0 Å². The molecule has 2 N–H and O–H groups in total. The minimum absolute atomic E-state index is 0.279. The molecule has 1 aliphatic carbocycles. The summed E-state index contributed by atoms with van der Waals surface area (Å²) in [6.07, 6.45) is 5.90. The van der Waals surface area contributed by atoms with Gasteiger partial charge in [-0.15, -0.1) is 0 Å². The van der Waals surface area contributed by atoms with Crippen LogP contribution in [-0.2, 0) is 0 Å². The maximum atomic E-state index is 8.90. The van der Waals surface area contributed by atoms with E-state index in [4.69, 9.17) is 16.3 Å². The molecule has 1 fully saturated rings. The fourth-order valence-corrected chi connectivity index (χ4v) is 2.24. The number of nitrogens with two attached hydrogens (primary N) is 1. The van der Waals surface area contributed by atoms with Crippen molar-refractivity contribution < 1.29 is 0 Å². The van der Waals surface area contributed by atoms with Crippen molar-refractivity contribution in [2.45, 2.75) is 51.0 Å². The predicted octanol–water partition coefficient (Wildman–Crippen LogP) is 2.09. The Kier molecular flexibility index (Phi) is 3.13. The summed E-state index contributed by atoms with van der Waals surface area (Å²) >= 11 is 0. The van der Waals surface area contributed by atoms with Gasteiger partial charge in [0.15, 0.2) is 0 Å². The molecule has 14 heavy (non-hydrogen) atoms. The van der Waals surface area contributed by atoms with E-state index in [0.29, 0.717) is 6.42 Å². The molecule has 1 rings (SSSR count). The van der Waals surface area contributed by atoms with E-state index < -0.39 is 5.41 Å². The van der Waals surface area contributed by atoms with E-state index in [-0.39, 0.29) is 5.54 Å². The molecule has 3 nitrogen and oxygen atoms in total. The van der Waals surface area contributed by atoms with Crippen LogP contribution in [0.2, 0.25) is 0 Å². The maximum absolute atomic E-state index is 8.90. The number of nitrogens with zero attached hydrogens (tertiary/aromatic N) is 2. The Labute approximate surface area is 85.5 Å². The summed E-state index contributed by atoms with van der Waals surface area (Å²) in [6.45, 7) is 1.68. The molecule has 0 radical (unpaired) electrons. The van der Waals surface area contributed by atoms with Crippen molar-refractivity contribution in [3.63, 3.8) is 0 Å². The van der Waals surface area contributed by atoms with Gasteiger partial charge in [-0.2, -0.15) is 10.5 Å². The van der Waals surface area contributed by atoms with Crippen molar-refractivity contribution in [3.8, 4) is 12.1 Å². The summed E-state index contributed by atoms with van der Waals surface area (Å²) in [5.74, 6) is 0. The van der Waals surface area contributed by atoms with Gasteiger partial charge < -0.3 is 5.73 Å². The van der Waals surface area contributed by atoms with E-state index in [1.54, 1.807) is 6.92 Å². The van der Waals surface area contributed by atoms with E-state index in [0.717, 1.165) is 25.7 Å². The van der Waals surface area contributed by atoms with Crippen LogP contribution in [0.4, 0.5) is 0 Å². The van der Waals surface area contributed by atoms with Crippen molar-refractivity contribution >= 4 is 0 Å². The van der Waals surface area contributed by atoms with Gasteiger partial charge in [0.25, 0.3) is 0 Å². The average molecular weight is 191 g/mol. The fraction of sp³-hybridized carbons (Fsp3) is 0.818. The minimum atomic E-state index is -0.911. The van der Waals surface area contributed by atoms with E-state index in [9.17, 15) is 0 Å². The van der Waals surface area contributed by atoms with Crippen LogP contribution in [0.25, 0.3) is 0 Å². The molecule has 0 atom stereocenters. The molecular formula is C11H17N3. The highest BCUT2D eigenvalue weighted by Gasteiger charge is 2.37. The first-order valence-corrected chi connectivity index (χ1v) is 5.15. The van der Waals surface area contributed by atoms with Crippen LogP contribution >= 0.6 is 0 Å². The van der Waals surface area contributed by atoms with Crippen LogP contribution in [0, 0.1) is 28.1 Å². The molecule has 0 unspecified atom stereocenters. The van der Waals surface area contributed by atoms with Crippen molar-refractivity contribution in [1.82, 2.24) is 0 Å². The van der Waals surface area contributed by atoms with Gasteiger partial charge in [0.05, 0.1) is 12.1 Å². The van der Waals surface area contributed by atoms with E-state index in [1.165, 1.54) is 6.42 Å². The van der Waals surface area contributed by atoms with Gasteiger partial charge in [0, 0.05) is 5.54 Å². The minimum Gasteiger partial charge on any atom is -0.325 e. The second-order valence-corrected chi connectivity index (χ2v) is 4.66. The van der Waals surface area contributed by atoms with Crippen LogP contribution in [-0.4, -0.2) is 5.54 Å². The first-order valence-electron chi connectivity index (χ1n) is 5.15. The van der Waals surface area contributed by atoms with Gasteiger partial charge in [-0.25, -0.2) is 0 Å². The van der Waals surface area contributed by atoms with E-state index in [2.05, 4.69) is 12.1 Å². The summed E-state index contributed by atoms with van der Waals surface area (Å²) in [6, 6.07) is 4.12. The molecule has 0 amide bonds. The van der Waals surface area contributed by atoms with Crippen molar-refractivity contribution in [2.24, 2.45) is 11.1 Å². The highest BCUT2D eigenvalue weighted by Crippen LogP contribution is 2.35. The fourth-order valence-electron chi connectivity index (χ4n) is 2.24. The lowest BCUT2D eigenvalue weighted by Gasteiger charge is -2.36. The molecule has 1 aliphatic rings. The molecule has 76 valence electrons. The molecule has 0 heterocycles. The van der Waals surface area contributed by atoms with Gasteiger partial charge in [0.1, 0.15) is 5.41 Å². The SMILES string of the molecule is CC(C#N)(C#N)CC1(N)CCCCC1. The average Bonchev–Trinajstić information content (AvgIpc) is 2.18. The zero-order valence-electron chi connectivity index (χ0n) is 8.71. The second kappa shape index (κ2) is 3.98. The molecule has 0 spiro atoms. The smallest absolute Gasteiger partial charge is 0.142 e. The normalized spacial score (nSPS) is 20.9. The summed E-state index contributed by atoms with van der Waals surface area (Å²) in [4.78, 5) is 0. The van der Waals surface area contributed by atoms with Gasteiger partial charge in [-0.1, -0.05) is 19.3 Å². The summed E-state index contributed by atoms with van der Waals surface area (Å²) in [5, 5.41) is 17.8. The molecule has 0 aromatic rings. The first kappa shape index (κ1) is 11.0. The number of hydrogen-bond donors (Lipinski definition) is 1. The largest absolute Gasteiger partial charge is 0.325 e. The zero-order valence-corrected chi connectivity index (χ0v) is 8.71. The van der Waals surface area contributed by atoms with Gasteiger partial charge in [-0.05, 0) is 26.2 Å². The summed E-state index contributed by atoms with van der Waals surface area (Å²) in [7, 11) is 0. The highest BCUT2D eigenvalue weighted by molar-refractivity contribution is 5.14. The van der Waals surface area contributed by atoms with Crippen LogP contribution in [0.3, 0.4) is 0 Å². The maximum Gasteiger partial charge on any atom is 0.142 e. The van der Waals surface area contributed by atoms with Crippen LogP contribution in [0.5, 0.6) is 0 Å². The molecule has 1 saturated carbocycles. The quantitative estimate of drug-likeness (QED) is 0.726. The Morgan fingerprint density at radius 1 is 1.21 bits per heavy atom. The van der Waals surface area contributed by atoms with E-state index >= 15 is 0 Å². The third kappa shape index (κ3) is 2.47. The molecule has 0 bridgehead atoms. The monoisotopic (exact) mass is 191 g/mol. The zero-order chi connectivity index (χ0) is 10.7. The Hall–Kier alpha value is -1.06. The van der Waals surface area contributed by atoms with Crippen molar-refractivity contribution in [3.05, 3.63) is 0 Å². The molecule has 0 aromatic heterocycles. The predicted molar refractivity (Wildman–Crippen MR) is 54.0 cm³/mol. The molecule has 0 aliphatic heterocycles. The number of hydrogen-bond acceptors (Lipinski definition) is 3.